The van der Waals surface area contributed by atoms with Gasteiger partial charge in [-0.1, -0.05) is 28.1 Å². The van der Waals surface area contributed by atoms with Crippen LogP contribution in [0.4, 0.5) is 4.79 Å². The van der Waals surface area contributed by atoms with E-state index in [1.807, 2.05) is 47.9 Å². The lowest BCUT2D eigenvalue weighted by Crippen LogP contribution is -2.48. The van der Waals surface area contributed by atoms with Crippen molar-refractivity contribution in [2.45, 2.75) is 33.2 Å². The first-order chi connectivity index (χ1) is 11.5. The van der Waals surface area contributed by atoms with E-state index >= 15 is 0 Å². The van der Waals surface area contributed by atoms with Crippen molar-refractivity contribution in [3.63, 3.8) is 0 Å². The summed E-state index contributed by atoms with van der Waals surface area (Å²) in [7, 11) is 0. The van der Waals surface area contributed by atoms with E-state index in [1.165, 1.54) is 0 Å². The fourth-order valence-electron chi connectivity index (χ4n) is 3.01. The number of carbonyl (C=O) groups excluding carboxylic acids is 2. The maximum atomic E-state index is 12.3. The molecule has 0 spiro atoms. The number of hydrogen-bond donors (Lipinski definition) is 1. The molecule has 1 fully saturated rings. The minimum atomic E-state index is -0.00194. The van der Waals surface area contributed by atoms with E-state index in [0.717, 1.165) is 36.0 Å². The number of nitrogens with zero attached hydrogens (tertiary/aromatic N) is 2. The molecule has 1 aromatic rings. The van der Waals surface area contributed by atoms with Crippen molar-refractivity contribution in [3.05, 3.63) is 34.3 Å². The highest BCUT2D eigenvalue weighted by Crippen LogP contribution is 2.19. The summed E-state index contributed by atoms with van der Waals surface area (Å²) in [6.07, 6.45) is 1.47. The van der Waals surface area contributed by atoms with Crippen LogP contribution in [0, 0.1) is 5.92 Å². The Kier molecular flexibility index (Phi) is 7.09. The molecule has 0 bridgehead atoms. The van der Waals surface area contributed by atoms with Crippen LogP contribution in [-0.2, 0) is 11.3 Å². The molecule has 132 valence electrons. The van der Waals surface area contributed by atoms with Gasteiger partial charge in [-0.15, -0.1) is 0 Å². The zero-order chi connectivity index (χ0) is 17.5. The van der Waals surface area contributed by atoms with Gasteiger partial charge >= 0.3 is 6.03 Å². The molecule has 1 saturated heterocycles. The second-order valence-electron chi connectivity index (χ2n) is 6.06. The van der Waals surface area contributed by atoms with Crippen LogP contribution in [0.25, 0.3) is 0 Å². The molecular formula is C18H26BrN3O2. The van der Waals surface area contributed by atoms with Gasteiger partial charge in [0.2, 0.25) is 5.91 Å². The molecule has 1 heterocycles. The Morgan fingerprint density at radius 3 is 2.50 bits per heavy atom. The van der Waals surface area contributed by atoms with Crippen LogP contribution < -0.4 is 5.32 Å². The third-order valence-corrected chi connectivity index (χ3v) is 5.02. The zero-order valence-corrected chi connectivity index (χ0v) is 16.0. The van der Waals surface area contributed by atoms with E-state index in [-0.39, 0.29) is 17.9 Å². The van der Waals surface area contributed by atoms with Crippen molar-refractivity contribution in [3.8, 4) is 0 Å². The predicted molar refractivity (Wildman–Crippen MR) is 98.6 cm³/mol. The summed E-state index contributed by atoms with van der Waals surface area (Å²) in [5.74, 6) is 0.0859. The topological polar surface area (TPSA) is 52.7 Å². The average molecular weight is 396 g/mol. The third kappa shape index (κ3) is 4.97. The Labute approximate surface area is 152 Å². The van der Waals surface area contributed by atoms with E-state index in [4.69, 9.17) is 0 Å². The Bertz CT molecular complexity index is 567. The molecule has 0 aromatic heterocycles. The van der Waals surface area contributed by atoms with Gasteiger partial charge in [-0.05, 0) is 44.4 Å². The molecule has 24 heavy (non-hydrogen) atoms. The first-order valence-corrected chi connectivity index (χ1v) is 9.40. The molecule has 5 nitrogen and oxygen atoms in total. The summed E-state index contributed by atoms with van der Waals surface area (Å²) in [5.41, 5.74) is 1.08. The van der Waals surface area contributed by atoms with E-state index in [2.05, 4.69) is 21.2 Å². The molecule has 0 saturated carbocycles. The largest absolute Gasteiger partial charge is 0.352 e. The number of hydrogen-bond acceptors (Lipinski definition) is 2. The Morgan fingerprint density at radius 2 is 1.92 bits per heavy atom. The Hall–Kier alpha value is -1.56. The van der Waals surface area contributed by atoms with Crippen molar-refractivity contribution in [2.24, 2.45) is 5.92 Å². The average Bonchev–Trinajstić information content (AvgIpc) is 2.61. The lowest BCUT2D eigenvalue weighted by atomic mass is 9.96. The van der Waals surface area contributed by atoms with Gasteiger partial charge in [0, 0.05) is 43.1 Å². The highest BCUT2D eigenvalue weighted by atomic mass is 79.9. The summed E-state index contributed by atoms with van der Waals surface area (Å²) < 4.78 is 1.01. The second-order valence-corrected chi connectivity index (χ2v) is 6.98. The molecule has 6 heteroatoms. The minimum Gasteiger partial charge on any atom is -0.352 e. The van der Waals surface area contributed by atoms with Crippen LogP contribution in [0.5, 0.6) is 0 Å². The molecule has 0 unspecified atom stereocenters. The number of nitrogens with one attached hydrogen (secondary N) is 1. The van der Waals surface area contributed by atoms with Crippen LogP contribution >= 0.6 is 15.9 Å². The molecule has 0 radical (unpaired) electrons. The predicted octanol–water partition coefficient (Wildman–Crippen LogP) is 3.24. The van der Waals surface area contributed by atoms with Gasteiger partial charge in [-0.2, -0.15) is 0 Å². The van der Waals surface area contributed by atoms with Crippen molar-refractivity contribution in [1.82, 2.24) is 15.1 Å². The quantitative estimate of drug-likeness (QED) is 0.831. The fraction of sp³-hybridized carbons (Fsp3) is 0.556. The van der Waals surface area contributed by atoms with Crippen LogP contribution in [0.15, 0.2) is 28.7 Å². The zero-order valence-electron chi connectivity index (χ0n) is 14.4. The SMILES string of the molecule is CCN(CC)C(=O)N1CCC(C(=O)NCc2cccc(Br)c2)CC1. The maximum absolute atomic E-state index is 12.3. The second kappa shape index (κ2) is 9.06. The van der Waals surface area contributed by atoms with Gasteiger partial charge in [-0.25, -0.2) is 4.79 Å². The highest BCUT2D eigenvalue weighted by Gasteiger charge is 2.28. The molecule has 0 atom stereocenters. The normalized spacial score (nSPS) is 15.2. The number of halogens is 1. The van der Waals surface area contributed by atoms with Crippen LogP contribution in [-0.4, -0.2) is 47.9 Å². The Morgan fingerprint density at radius 1 is 1.25 bits per heavy atom. The van der Waals surface area contributed by atoms with Crippen molar-refractivity contribution in [1.29, 1.82) is 0 Å². The lowest BCUT2D eigenvalue weighted by Gasteiger charge is -2.34. The van der Waals surface area contributed by atoms with E-state index < -0.39 is 0 Å². The van der Waals surface area contributed by atoms with Crippen molar-refractivity contribution < 1.29 is 9.59 Å². The highest BCUT2D eigenvalue weighted by molar-refractivity contribution is 9.10. The number of rotatable bonds is 5. The van der Waals surface area contributed by atoms with Crippen LogP contribution in [0.1, 0.15) is 32.3 Å². The summed E-state index contributed by atoms with van der Waals surface area (Å²) >= 11 is 3.44. The first-order valence-electron chi connectivity index (χ1n) is 8.61. The minimum absolute atomic E-state index is 0.00194. The van der Waals surface area contributed by atoms with Gasteiger partial charge in [0.25, 0.3) is 0 Å². The Balaban J connectivity index is 1.79. The lowest BCUT2D eigenvalue weighted by molar-refractivity contribution is -0.126. The monoisotopic (exact) mass is 395 g/mol. The molecule has 0 aliphatic carbocycles. The molecule has 1 aliphatic heterocycles. The molecule has 3 amide bonds. The third-order valence-electron chi connectivity index (χ3n) is 4.53. The number of amides is 3. The van der Waals surface area contributed by atoms with Gasteiger partial charge in [0.05, 0.1) is 0 Å². The van der Waals surface area contributed by atoms with E-state index in [9.17, 15) is 9.59 Å². The van der Waals surface area contributed by atoms with Crippen LogP contribution in [0.2, 0.25) is 0 Å². The summed E-state index contributed by atoms with van der Waals surface area (Å²) in [6.45, 7) is 7.28. The fourth-order valence-corrected chi connectivity index (χ4v) is 3.45. The van der Waals surface area contributed by atoms with Gasteiger partial charge in [-0.3, -0.25) is 4.79 Å². The smallest absolute Gasteiger partial charge is 0.319 e. The van der Waals surface area contributed by atoms with Crippen molar-refractivity contribution in [2.75, 3.05) is 26.2 Å². The molecule has 1 aliphatic rings. The standard InChI is InChI=1S/C18H26BrN3O2/c1-3-21(4-2)18(24)22-10-8-15(9-11-22)17(23)20-13-14-6-5-7-16(19)12-14/h5-7,12,15H,3-4,8-11,13H2,1-2H3,(H,20,23). The van der Waals surface area contributed by atoms with E-state index in [1.54, 1.807) is 0 Å². The number of likely N-dealkylation sites (tertiary alicyclic amines) is 1. The maximum Gasteiger partial charge on any atom is 0.319 e. The molecule has 1 N–H and O–H groups in total. The van der Waals surface area contributed by atoms with Gasteiger partial charge in [0.15, 0.2) is 0 Å². The van der Waals surface area contributed by atoms with Crippen LogP contribution in [0.3, 0.4) is 0 Å². The van der Waals surface area contributed by atoms with Crippen molar-refractivity contribution >= 4 is 27.9 Å². The molecule has 2 rings (SSSR count). The molecular weight excluding hydrogens is 370 g/mol. The number of benzene rings is 1. The molecule has 1 aromatic carbocycles. The summed E-state index contributed by atoms with van der Waals surface area (Å²) in [5, 5.41) is 3.01. The first kappa shape index (κ1) is 18.8. The van der Waals surface area contributed by atoms with E-state index in [0.29, 0.717) is 19.6 Å². The van der Waals surface area contributed by atoms with Gasteiger partial charge < -0.3 is 15.1 Å². The number of carbonyl (C=O) groups is 2. The number of piperidine rings is 1. The number of urea groups is 1. The summed E-state index contributed by atoms with van der Waals surface area (Å²) in [6, 6.07) is 8.02. The van der Waals surface area contributed by atoms with Gasteiger partial charge in [0.1, 0.15) is 0 Å². The summed E-state index contributed by atoms with van der Waals surface area (Å²) in [4.78, 5) is 28.4.